The molecule has 0 atom stereocenters. The number of nitrogens with one attached hydrogen (secondary N) is 1. The van der Waals surface area contributed by atoms with Crippen LogP contribution in [0.1, 0.15) is 24.7 Å². The Morgan fingerprint density at radius 1 is 1.46 bits per heavy atom. The first-order chi connectivity index (χ1) is 12.5. The maximum atomic E-state index is 11.6. The molecule has 0 saturated carbocycles. The van der Waals surface area contributed by atoms with Crippen LogP contribution < -0.4 is 9.47 Å². The number of nitro benzene ring substituents is 1. The van der Waals surface area contributed by atoms with Gasteiger partial charge in [-0.05, 0) is 30.3 Å². The van der Waals surface area contributed by atoms with Crippen LogP contribution in [0.3, 0.4) is 0 Å². The zero-order chi connectivity index (χ0) is 18.7. The number of aromatic nitrogens is 3. The summed E-state index contributed by atoms with van der Waals surface area (Å²) in [6.07, 6.45) is 2.75. The summed E-state index contributed by atoms with van der Waals surface area (Å²) in [6.45, 7) is 1.94. The van der Waals surface area contributed by atoms with Crippen LogP contribution in [0.2, 0.25) is 0 Å². The molecule has 0 radical (unpaired) electrons. The molecule has 0 saturated heterocycles. The fourth-order valence-electron chi connectivity index (χ4n) is 2.27. The number of carboxylic acid groups (broad SMARTS) is 1. The Morgan fingerprint density at radius 3 is 2.85 bits per heavy atom. The molecule has 136 valence electrons. The molecule has 10 nitrogen and oxygen atoms in total. The third-order valence-electron chi connectivity index (χ3n) is 3.42. The summed E-state index contributed by atoms with van der Waals surface area (Å²) >= 11 is 0.805. The number of carbonyl (C=O) groups is 1. The Balaban J connectivity index is 1.96. The minimum Gasteiger partial charge on any atom is -0.477 e. The normalized spacial score (nSPS) is 13.0. The lowest BCUT2D eigenvalue weighted by atomic mass is 10.1. The molecule has 1 aliphatic heterocycles. The van der Waals surface area contributed by atoms with Gasteiger partial charge in [0.1, 0.15) is 10.7 Å². The molecule has 1 aromatic heterocycles. The van der Waals surface area contributed by atoms with Crippen LogP contribution >= 0.6 is 11.8 Å². The van der Waals surface area contributed by atoms with Gasteiger partial charge in [-0.1, -0.05) is 6.92 Å². The summed E-state index contributed by atoms with van der Waals surface area (Å²) in [4.78, 5) is 26.3. The molecule has 0 amide bonds. The topological polar surface area (TPSA) is 140 Å². The van der Waals surface area contributed by atoms with Gasteiger partial charge in [-0.25, -0.2) is 9.78 Å². The maximum absolute atomic E-state index is 11.6. The molecule has 2 heterocycles. The van der Waals surface area contributed by atoms with E-state index in [1.54, 1.807) is 0 Å². The van der Waals surface area contributed by atoms with E-state index in [1.807, 2.05) is 6.92 Å². The molecule has 11 heteroatoms. The number of fused-ring (bicyclic) bond motifs is 1. The van der Waals surface area contributed by atoms with Crippen molar-refractivity contribution in [1.29, 1.82) is 0 Å². The molecule has 2 aromatic rings. The lowest BCUT2D eigenvalue weighted by molar-refractivity contribution is -0.385. The van der Waals surface area contributed by atoms with Gasteiger partial charge in [0.2, 0.25) is 11.9 Å². The number of aromatic amines is 1. The van der Waals surface area contributed by atoms with Crippen molar-refractivity contribution >= 4 is 29.5 Å². The quantitative estimate of drug-likeness (QED) is 0.322. The number of H-pyrrole nitrogens is 1. The number of hydrogen-bond acceptors (Lipinski definition) is 8. The molecule has 26 heavy (non-hydrogen) atoms. The lowest BCUT2D eigenvalue weighted by Crippen LogP contribution is -1.99. The molecule has 3 rings (SSSR count). The van der Waals surface area contributed by atoms with Crippen molar-refractivity contribution in [3.63, 3.8) is 0 Å². The zero-order valence-corrected chi connectivity index (χ0v) is 14.4. The molecule has 1 aromatic carbocycles. The molecule has 0 bridgehead atoms. The summed E-state index contributed by atoms with van der Waals surface area (Å²) in [6, 6.07) is 2.59. The number of rotatable bonds is 7. The Bertz CT molecular complexity index is 894. The second-order valence-electron chi connectivity index (χ2n) is 5.25. The van der Waals surface area contributed by atoms with Crippen molar-refractivity contribution in [2.24, 2.45) is 0 Å². The van der Waals surface area contributed by atoms with E-state index >= 15 is 0 Å². The molecule has 2 N–H and O–H groups in total. The number of ether oxygens (including phenoxy) is 2. The maximum Gasteiger partial charge on any atom is 0.342 e. The molecule has 1 aliphatic rings. The smallest absolute Gasteiger partial charge is 0.342 e. The molecule has 0 unspecified atom stereocenters. The largest absolute Gasteiger partial charge is 0.477 e. The first-order valence-corrected chi connectivity index (χ1v) is 8.41. The highest BCUT2D eigenvalue weighted by molar-refractivity contribution is 8.04. The van der Waals surface area contributed by atoms with E-state index in [0.29, 0.717) is 18.0 Å². The van der Waals surface area contributed by atoms with E-state index in [2.05, 4.69) is 15.2 Å². The van der Waals surface area contributed by atoms with Crippen molar-refractivity contribution < 1.29 is 24.3 Å². The summed E-state index contributed by atoms with van der Waals surface area (Å²) < 4.78 is 10.3. The number of nitro groups is 1. The van der Waals surface area contributed by atoms with Gasteiger partial charge in [-0.3, -0.25) is 15.2 Å². The summed E-state index contributed by atoms with van der Waals surface area (Å²) in [5, 5.41) is 27.7. The van der Waals surface area contributed by atoms with Crippen LogP contribution in [-0.2, 0) is 11.2 Å². The minimum absolute atomic E-state index is 0.0441. The van der Waals surface area contributed by atoms with Gasteiger partial charge in [-0.15, -0.1) is 5.10 Å². The lowest BCUT2D eigenvalue weighted by Gasteiger charge is -2.03. The van der Waals surface area contributed by atoms with E-state index in [9.17, 15) is 20.0 Å². The second kappa shape index (κ2) is 7.44. The van der Waals surface area contributed by atoms with E-state index in [1.165, 1.54) is 18.2 Å². The average Bonchev–Trinajstić information content (AvgIpc) is 3.22. The highest BCUT2D eigenvalue weighted by atomic mass is 32.2. The van der Waals surface area contributed by atoms with Crippen LogP contribution in [0, 0.1) is 10.1 Å². The monoisotopic (exact) mass is 378 g/mol. The summed E-state index contributed by atoms with van der Waals surface area (Å²) in [7, 11) is 0. The third kappa shape index (κ3) is 3.77. The Morgan fingerprint density at radius 2 is 2.19 bits per heavy atom. The van der Waals surface area contributed by atoms with Crippen LogP contribution in [0.15, 0.2) is 22.2 Å². The molecular weight excluding hydrogens is 364 g/mol. The zero-order valence-electron chi connectivity index (χ0n) is 13.6. The molecule has 0 fully saturated rings. The number of aliphatic carboxylic acids is 1. The van der Waals surface area contributed by atoms with Gasteiger partial charge in [0.25, 0.3) is 5.69 Å². The second-order valence-corrected chi connectivity index (χ2v) is 6.26. The van der Waals surface area contributed by atoms with Crippen molar-refractivity contribution in [3.8, 4) is 11.5 Å². The standard InChI is InChI=1S/C15H14N4O6S/c1-2-3-13-16-15(18-17-13)26-12(14(20)21)5-8-4-10-11(25-7-24-10)6-9(8)19(22)23/h4-6H,2-3,7H2,1H3,(H,20,21)(H,16,17,18)/b12-5-. The SMILES string of the molecule is CCCc1nc(S/C(=C\c2cc3c(cc2[N+](=O)[O-])OCO3)C(=O)O)n[nH]1. The van der Waals surface area contributed by atoms with Crippen molar-refractivity contribution in [2.45, 2.75) is 24.9 Å². The number of nitrogens with zero attached hydrogens (tertiary/aromatic N) is 3. The molecule has 0 spiro atoms. The predicted molar refractivity (Wildman–Crippen MR) is 91.1 cm³/mol. The Hall–Kier alpha value is -3.08. The first kappa shape index (κ1) is 17.7. The van der Waals surface area contributed by atoms with Crippen molar-refractivity contribution in [1.82, 2.24) is 15.2 Å². The van der Waals surface area contributed by atoms with Gasteiger partial charge >= 0.3 is 5.97 Å². The fourth-order valence-corrected chi connectivity index (χ4v) is 2.98. The predicted octanol–water partition coefficient (Wildman–Crippen LogP) is 2.61. The van der Waals surface area contributed by atoms with Crippen LogP contribution in [-0.4, -0.2) is 38.0 Å². The van der Waals surface area contributed by atoms with Gasteiger partial charge in [0.15, 0.2) is 11.5 Å². The van der Waals surface area contributed by atoms with Gasteiger partial charge in [-0.2, -0.15) is 0 Å². The van der Waals surface area contributed by atoms with E-state index in [4.69, 9.17) is 9.47 Å². The minimum atomic E-state index is -1.25. The van der Waals surface area contributed by atoms with Crippen LogP contribution in [0.4, 0.5) is 5.69 Å². The molecular formula is C15H14N4O6S. The highest BCUT2D eigenvalue weighted by Gasteiger charge is 2.24. The first-order valence-electron chi connectivity index (χ1n) is 7.60. The summed E-state index contributed by atoms with van der Waals surface area (Å²) in [5.41, 5.74) is -0.191. The fraction of sp³-hybridized carbons (Fsp3) is 0.267. The van der Waals surface area contributed by atoms with Crippen molar-refractivity contribution in [2.75, 3.05) is 6.79 Å². The third-order valence-corrected chi connectivity index (χ3v) is 4.29. The number of aryl methyl sites for hydroxylation is 1. The van der Waals surface area contributed by atoms with E-state index < -0.39 is 10.9 Å². The number of hydrogen-bond donors (Lipinski definition) is 2. The average molecular weight is 378 g/mol. The summed E-state index contributed by atoms with van der Waals surface area (Å²) in [5.74, 6) is -0.0335. The highest BCUT2D eigenvalue weighted by Crippen LogP contribution is 2.39. The van der Waals surface area contributed by atoms with Crippen LogP contribution in [0.5, 0.6) is 11.5 Å². The van der Waals surface area contributed by atoms with Gasteiger partial charge < -0.3 is 14.6 Å². The molecule has 0 aliphatic carbocycles. The van der Waals surface area contributed by atoms with Crippen molar-refractivity contribution in [3.05, 3.63) is 38.5 Å². The van der Waals surface area contributed by atoms with Gasteiger partial charge in [0.05, 0.1) is 16.6 Å². The Kier molecular flexibility index (Phi) is 5.07. The van der Waals surface area contributed by atoms with Crippen LogP contribution in [0.25, 0.3) is 6.08 Å². The van der Waals surface area contributed by atoms with E-state index in [-0.39, 0.29) is 33.9 Å². The van der Waals surface area contributed by atoms with E-state index in [0.717, 1.165) is 18.2 Å². The number of thioether (sulfide) groups is 1. The van der Waals surface area contributed by atoms with Gasteiger partial charge in [0, 0.05) is 6.42 Å². The number of benzene rings is 1. The Labute approximate surface area is 151 Å². The number of carboxylic acids is 1.